The Morgan fingerprint density at radius 3 is 2.45 bits per heavy atom. The Bertz CT molecular complexity index is 736. The van der Waals surface area contributed by atoms with E-state index in [2.05, 4.69) is 4.18 Å². The Hall–Kier alpha value is -1.92. The molecule has 0 spiro atoms. The van der Waals surface area contributed by atoms with E-state index in [0.717, 1.165) is 17.0 Å². The summed E-state index contributed by atoms with van der Waals surface area (Å²) in [4.78, 5) is 11.1. The predicted molar refractivity (Wildman–Crippen MR) is 75.0 cm³/mol. The van der Waals surface area contributed by atoms with Gasteiger partial charge in [0.25, 0.3) is 10.1 Å². The Kier molecular flexibility index (Phi) is 4.06. The standard InChI is InChI=1S/C14H14O5S/c1-20(17,18)19-13(14(15)16)9-10-6-7-11-4-2-3-5-12(11)8-10/h2-8,13H,9H2,1H3,(H,15,16)/t13-/m0/s1. The first-order valence-electron chi connectivity index (χ1n) is 5.94. The number of hydrogen-bond donors (Lipinski definition) is 1. The Labute approximate surface area is 116 Å². The van der Waals surface area contributed by atoms with Crippen LogP contribution in [0.1, 0.15) is 5.56 Å². The van der Waals surface area contributed by atoms with Gasteiger partial charge in [0, 0.05) is 6.42 Å². The molecular weight excluding hydrogens is 280 g/mol. The molecule has 6 heteroatoms. The number of hydrogen-bond acceptors (Lipinski definition) is 4. The third kappa shape index (κ3) is 3.79. The molecule has 1 atom stereocenters. The molecule has 2 aromatic rings. The third-order valence-corrected chi connectivity index (χ3v) is 3.38. The number of benzene rings is 2. The van der Waals surface area contributed by atoms with Crippen molar-refractivity contribution in [2.75, 3.05) is 6.26 Å². The lowest BCUT2D eigenvalue weighted by Crippen LogP contribution is -2.28. The highest BCUT2D eigenvalue weighted by molar-refractivity contribution is 7.86. The molecule has 5 nitrogen and oxygen atoms in total. The number of rotatable bonds is 5. The van der Waals surface area contributed by atoms with Crippen molar-refractivity contribution < 1.29 is 22.5 Å². The van der Waals surface area contributed by atoms with E-state index in [1.54, 1.807) is 6.07 Å². The fourth-order valence-corrected chi connectivity index (χ4v) is 2.53. The SMILES string of the molecule is CS(=O)(=O)O[C@@H](Cc1ccc2ccccc2c1)C(=O)O. The lowest BCUT2D eigenvalue weighted by atomic mass is 10.0. The summed E-state index contributed by atoms with van der Waals surface area (Å²) in [6, 6.07) is 13.1. The van der Waals surface area contributed by atoms with Crippen LogP contribution >= 0.6 is 0 Å². The molecule has 0 amide bonds. The molecule has 2 rings (SSSR count). The highest BCUT2D eigenvalue weighted by atomic mass is 32.2. The lowest BCUT2D eigenvalue weighted by Gasteiger charge is -2.12. The van der Waals surface area contributed by atoms with Gasteiger partial charge in [-0.3, -0.25) is 4.18 Å². The van der Waals surface area contributed by atoms with Gasteiger partial charge in [-0.15, -0.1) is 0 Å². The van der Waals surface area contributed by atoms with Gasteiger partial charge in [-0.05, 0) is 16.3 Å². The van der Waals surface area contributed by atoms with Crippen molar-refractivity contribution >= 4 is 26.9 Å². The van der Waals surface area contributed by atoms with Gasteiger partial charge in [0.15, 0.2) is 6.10 Å². The van der Waals surface area contributed by atoms with Gasteiger partial charge < -0.3 is 5.11 Å². The van der Waals surface area contributed by atoms with Crippen LogP contribution < -0.4 is 0 Å². The number of carboxylic acids is 1. The van der Waals surface area contributed by atoms with Crippen LogP contribution in [0.25, 0.3) is 10.8 Å². The summed E-state index contributed by atoms with van der Waals surface area (Å²) in [5.74, 6) is -1.30. The van der Waals surface area contributed by atoms with Gasteiger partial charge in [0.05, 0.1) is 6.26 Å². The Morgan fingerprint density at radius 2 is 1.85 bits per heavy atom. The molecule has 0 unspecified atom stereocenters. The minimum absolute atomic E-state index is 0.00671. The maximum absolute atomic E-state index is 11.1. The van der Waals surface area contributed by atoms with Crippen LogP contribution in [0, 0.1) is 0 Å². The van der Waals surface area contributed by atoms with Gasteiger partial charge in [0.1, 0.15) is 0 Å². The molecule has 2 aromatic carbocycles. The van der Waals surface area contributed by atoms with E-state index in [-0.39, 0.29) is 6.42 Å². The van der Waals surface area contributed by atoms with Crippen LogP contribution in [-0.2, 0) is 25.5 Å². The fourth-order valence-electron chi connectivity index (χ4n) is 1.95. The highest BCUT2D eigenvalue weighted by Gasteiger charge is 2.23. The summed E-state index contributed by atoms with van der Waals surface area (Å²) in [6.45, 7) is 0. The second-order valence-electron chi connectivity index (χ2n) is 4.51. The molecule has 0 radical (unpaired) electrons. The van der Waals surface area contributed by atoms with Crippen molar-refractivity contribution in [3.8, 4) is 0 Å². The zero-order chi connectivity index (χ0) is 14.8. The van der Waals surface area contributed by atoms with E-state index >= 15 is 0 Å². The first-order chi connectivity index (χ1) is 9.35. The monoisotopic (exact) mass is 294 g/mol. The smallest absolute Gasteiger partial charge is 0.334 e. The molecule has 0 saturated heterocycles. The molecule has 0 aliphatic carbocycles. The van der Waals surface area contributed by atoms with E-state index in [1.165, 1.54) is 0 Å². The summed E-state index contributed by atoms with van der Waals surface area (Å²) < 4.78 is 26.7. The molecule has 0 saturated carbocycles. The number of carbonyl (C=O) groups is 1. The topological polar surface area (TPSA) is 80.7 Å². The van der Waals surface area contributed by atoms with Crippen molar-refractivity contribution in [3.05, 3.63) is 48.0 Å². The fraction of sp³-hybridized carbons (Fsp3) is 0.214. The summed E-state index contributed by atoms with van der Waals surface area (Å²) in [6.07, 6.45) is -0.581. The van der Waals surface area contributed by atoms with Crippen LogP contribution in [-0.4, -0.2) is 31.9 Å². The zero-order valence-corrected chi connectivity index (χ0v) is 11.6. The maximum atomic E-state index is 11.1. The molecule has 0 heterocycles. The highest BCUT2D eigenvalue weighted by Crippen LogP contribution is 2.17. The quantitative estimate of drug-likeness (QED) is 0.851. The summed E-state index contributed by atoms with van der Waals surface area (Å²) in [5, 5.41) is 11.0. The van der Waals surface area contributed by atoms with Gasteiger partial charge in [-0.1, -0.05) is 42.5 Å². The maximum Gasteiger partial charge on any atom is 0.334 e. The van der Waals surface area contributed by atoms with Crippen molar-refractivity contribution in [1.29, 1.82) is 0 Å². The van der Waals surface area contributed by atoms with Gasteiger partial charge in [-0.25, -0.2) is 4.79 Å². The molecule has 0 aliphatic rings. The molecule has 0 aliphatic heterocycles. The second kappa shape index (κ2) is 5.60. The van der Waals surface area contributed by atoms with E-state index in [4.69, 9.17) is 5.11 Å². The molecule has 0 aromatic heterocycles. The average molecular weight is 294 g/mol. The van der Waals surface area contributed by atoms with Crippen molar-refractivity contribution in [2.24, 2.45) is 0 Å². The summed E-state index contributed by atoms with van der Waals surface area (Å²) >= 11 is 0. The third-order valence-electron chi connectivity index (χ3n) is 2.80. The molecule has 0 bridgehead atoms. The summed E-state index contributed by atoms with van der Waals surface area (Å²) in [5.41, 5.74) is 0.708. The van der Waals surface area contributed by atoms with Crippen LogP contribution in [0.2, 0.25) is 0 Å². The van der Waals surface area contributed by atoms with Crippen LogP contribution in [0.4, 0.5) is 0 Å². The van der Waals surface area contributed by atoms with Crippen LogP contribution in [0.3, 0.4) is 0 Å². The van der Waals surface area contributed by atoms with Crippen LogP contribution in [0.5, 0.6) is 0 Å². The number of fused-ring (bicyclic) bond motifs is 1. The molecule has 106 valence electrons. The minimum atomic E-state index is -3.81. The first-order valence-corrected chi connectivity index (χ1v) is 7.75. The van der Waals surface area contributed by atoms with E-state index in [0.29, 0.717) is 5.56 Å². The average Bonchev–Trinajstić information content (AvgIpc) is 2.36. The summed E-state index contributed by atoms with van der Waals surface area (Å²) in [7, 11) is -3.81. The Morgan fingerprint density at radius 1 is 1.20 bits per heavy atom. The minimum Gasteiger partial charge on any atom is -0.479 e. The van der Waals surface area contributed by atoms with Crippen molar-refractivity contribution in [1.82, 2.24) is 0 Å². The molecule has 0 fully saturated rings. The van der Waals surface area contributed by atoms with Crippen molar-refractivity contribution in [2.45, 2.75) is 12.5 Å². The van der Waals surface area contributed by atoms with Crippen LogP contribution in [0.15, 0.2) is 42.5 Å². The normalized spacial score (nSPS) is 13.2. The Balaban J connectivity index is 2.26. The predicted octanol–water partition coefficient (Wildman–Crippen LogP) is 1.81. The molecular formula is C14H14O5S. The molecule has 20 heavy (non-hydrogen) atoms. The van der Waals surface area contributed by atoms with Gasteiger partial charge >= 0.3 is 5.97 Å². The second-order valence-corrected chi connectivity index (χ2v) is 6.11. The van der Waals surface area contributed by atoms with Crippen molar-refractivity contribution in [3.63, 3.8) is 0 Å². The molecule has 1 N–H and O–H groups in total. The number of aliphatic carboxylic acids is 1. The van der Waals surface area contributed by atoms with Gasteiger partial charge in [0.2, 0.25) is 0 Å². The van der Waals surface area contributed by atoms with E-state index < -0.39 is 22.2 Å². The van der Waals surface area contributed by atoms with E-state index in [9.17, 15) is 13.2 Å². The van der Waals surface area contributed by atoms with E-state index in [1.807, 2.05) is 36.4 Å². The zero-order valence-electron chi connectivity index (χ0n) is 10.8. The number of carboxylic acid groups (broad SMARTS) is 1. The lowest BCUT2D eigenvalue weighted by molar-refractivity contribution is -0.144. The van der Waals surface area contributed by atoms with Gasteiger partial charge in [-0.2, -0.15) is 8.42 Å². The largest absolute Gasteiger partial charge is 0.479 e. The first kappa shape index (κ1) is 14.5.